The van der Waals surface area contributed by atoms with E-state index in [0.29, 0.717) is 22.5 Å². The Hall–Kier alpha value is -3.07. The number of carbonyl (C=O) groups is 1. The second kappa shape index (κ2) is 9.05. The molecule has 9 nitrogen and oxygen atoms in total. The second-order valence-corrected chi connectivity index (χ2v) is 11.0. The van der Waals surface area contributed by atoms with E-state index in [9.17, 15) is 23.3 Å². The molecule has 1 fully saturated rings. The maximum Gasteiger partial charge on any atom is 0.259 e. The highest BCUT2D eigenvalue weighted by atomic mass is 32.2. The molecule has 2 aromatic heterocycles. The number of aromatic nitrogens is 2. The average Bonchev–Trinajstić information content (AvgIpc) is 3.11. The molecular formula is C22H23N5O4S2. The molecule has 3 aromatic rings. The Morgan fingerprint density at radius 2 is 1.91 bits per heavy atom. The first-order chi connectivity index (χ1) is 15.7. The van der Waals surface area contributed by atoms with Gasteiger partial charge in [-0.1, -0.05) is 12.1 Å². The Morgan fingerprint density at radius 3 is 2.61 bits per heavy atom. The summed E-state index contributed by atoms with van der Waals surface area (Å²) < 4.78 is 27.2. The van der Waals surface area contributed by atoms with Crippen LogP contribution in [0.25, 0.3) is 10.2 Å². The van der Waals surface area contributed by atoms with Gasteiger partial charge in [0.05, 0.1) is 15.8 Å². The van der Waals surface area contributed by atoms with Gasteiger partial charge in [0.25, 0.3) is 5.56 Å². The van der Waals surface area contributed by atoms with Crippen molar-refractivity contribution in [3.05, 3.63) is 56.4 Å². The summed E-state index contributed by atoms with van der Waals surface area (Å²) in [5, 5.41) is 9.83. The van der Waals surface area contributed by atoms with Gasteiger partial charge in [-0.3, -0.25) is 9.59 Å². The lowest BCUT2D eigenvalue weighted by Gasteiger charge is -2.34. The lowest BCUT2D eigenvalue weighted by atomic mass is 10.2. The zero-order chi connectivity index (χ0) is 23.8. The summed E-state index contributed by atoms with van der Waals surface area (Å²) in [4.78, 5) is 35.7. The van der Waals surface area contributed by atoms with E-state index < -0.39 is 10.0 Å². The molecule has 1 aliphatic rings. The number of nitrogens with zero attached hydrogens (tertiary/aromatic N) is 4. The summed E-state index contributed by atoms with van der Waals surface area (Å²) in [6, 6.07) is 8.02. The van der Waals surface area contributed by atoms with Gasteiger partial charge in [0.1, 0.15) is 16.7 Å². The molecule has 4 rings (SSSR count). The lowest BCUT2D eigenvalue weighted by Crippen LogP contribution is -2.50. The van der Waals surface area contributed by atoms with E-state index in [1.54, 1.807) is 17.0 Å². The van der Waals surface area contributed by atoms with E-state index in [4.69, 9.17) is 0 Å². The van der Waals surface area contributed by atoms with Crippen molar-refractivity contribution >= 4 is 37.5 Å². The van der Waals surface area contributed by atoms with Crippen LogP contribution in [0.1, 0.15) is 28.2 Å². The van der Waals surface area contributed by atoms with Crippen LogP contribution < -0.4 is 5.56 Å². The first-order valence-electron chi connectivity index (χ1n) is 10.5. The molecule has 11 heteroatoms. The van der Waals surface area contributed by atoms with Gasteiger partial charge in [0, 0.05) is 43.9 Å². The molecule has 0 bridgehead atoms. The molecule has 1 aliphatic heterocycles. The number of fused-ring (bicyclic) bond motifs is 1. The van der Waals surface area contributed by atoms with Crippen LogP contribution in [0.15, 0.2) is 34.0 Å². The van der Waals surface area contributed by atoms with Gasteiger partial charge in [0.2, 0.25) is 15.9 Å². The summed E-state index contributed by atoms with van der Waals surface area (Å²) in [5.41, 5.74) is 0.836. The Kier molecular flexibility index (Phi) is 6.34. The quantitative estimate of drug-likeness (QED) is 0.588. The Bertz CT molecular complexity index is 1430. The average molecular weight is 486 g/mol. The van der Waals surface area contributed by atoms with Crippen LogP contribution in [0.3, 0.4) is 0 Å². The van der Waals surface area contributed by atoms with Gasteiger partial charge in [-0.2, -0.15) is 9.57 Å². The fourth-order valence-corrected chi connectivity index (χ4v) is 6.52. The molecule has 1 aromatic carbocycles. The minimum Gasteiger partial charge on any atom is -0.340 e. The smallest absolute Gasteiger partial charge is 0.259 e. The number of benzene rings is 1. The van der Waals surface area contributed by atoms with E-state index in [1.165, 1.54) is 27.8 Å². The molecule has 1 amide bonds. The van der Waals surface area contributed by atoms with Crippen molar-refractivity contribution in [2.75, 3.05) is 26.2 Å². The molecular weight excluding hydrogens is 462 g/mol. The van der Waals surface area contributed by atoms with Gasteiger partial charge in [-0.25, -0.2) is 13.4 Å². The number of rotatable bonds is 5. The summed E-state index contributed by atoms with van der Waals surface area (Å²) in [6.45, 7) is 4.68. The van der Waals surface area contributed by atoms with Gasteiger partial charge in [-0.05, 0) is 31.5 Å². The fraction of sp³-hybridized carbons (Fsp3) is 0.364. The number of nitrogens with one attached hydrogen (secondary N) is 1. The summed E-state index contributed by atoms with van der Waals surface area (Å²) in [7, 11) is -3.81. The molecule has 172 valence electrons. The molecule has 0 radical (unpaired) electrons. The van der Waals surface area contributed by atoms with Crippen molar-refractivity contribution in [3.8, 4) is 6.07 Å². The van der Waals surface area contributed by atoms with Crippen molar-refractivity contribution in [1.82, 2.24) is 19.2 Å². The van der Waals surface area contributed by atoms with Gasteiger partial charge in [-0.15, -0.1) is 11.3 Å². The highest BCUT2D eigenvalue weighted by molar-refractivity contribution is 7.89. The predicted octanol–water partition coefficient (Wildman–Crippen LogP) is 1.94. The largest absolute Gasteiger partial charge is 0.340 e. The highest BCUT2D eigenvalue weighted by Gasteiger charge is 2.31. The number of aryl methyl sites for hydroxylation is 3. The molecule has 1 saturated heterocycles. The predicted molar refractivity (Wildman–Crippen MR) is 125 cm³/mol. The SMILES string of the molecule is Cc1sc2nc(CCC(=O)N3CCN(S(=O)(=O)c4ccccc4C#N)CC3)[nH]c(=O)c2c1C. The van der Waals surface area contributed by atoms with Crippen LogP contribution in [0.5, 0.6) is 0 Å². The topological polar surface area (TPSA) is 127 Å². The lowest BCUT2D eigenvalue weighted by molar-refractivity contribution is -0.132. The third-order valence-corrected chi connectivity index (χ3v) is 8.94. The van der Waals surface area contributed by atoms with E-state index in [1.807, 2.05) is 19.9 Å². The minimum absolute atomic E-state index is 0.0169. The molecule has 0 aliphatic carbocycles. The van der Waals surface area contributed by atoms with Gasteiger partial charge >= 0.3 is 0 Å². The van der Waals surface area contributed by atoms with Crippen molar-refractivity contribution < 1.29 is 13.2 Å². The maximum absolute atomic E-state index is 12.9. The molecule has 0 unspecified atom stereocenters. The highest BCUT2D eigenvalue weighted by Crippen LogP contribution is 2.26. The van der Waals surface area contributed by atoms with Crippen molar-refractivity contribution in [2.45, 2.75) is 31.6 Å². The molecule has 33 heavy (non-hydrogen) atoms. The monoisotopic (exact) mass is 485 g/mol. The Labute approximate surface area is 195 Å². The van der Waals surface area contributed by atoms with Crippen LogP contribution in [-0.2, 0) is 21.2 Å². The van der Waals surface area contributed by atoms with Gasteiger partial charge < -0.3 is 9.88 Å². The van der Waals surface area contributed by atoms with E-state index in [0.717, 1.165) is 10.4 Å². The third kappa shape index (κ3) is 4.42. The van der Waals surface area contributed by atoms with Crippen molar-refractivity contribution in [1.29, 1.82) is 5.26 Å². The third-order valence-electron chi connectivity index (χ3n) is 5.88. The van der Waals surface area contributed by atoms with Crippen LogP contribution in [0, 0.1) is 25.2 Å². The minimum atomic E-state index is -3.81. The molecule has 0 spiro atoms. The van der Waals surface area contributed by atoms with Crippen molar-refractivity contribution in [3.63, 3.8) is 0 Å². The summed E-state index contributed by atoms with van der Waals surface area (Å²) >= 11 is 1.46. The summed E-state index contributed by atoms with van der Waals surface area (Å²) in [6.07, 6.45) is 0.468. The number of carbonyl (C=O) groups excluding carboxylic acids is 1. The molecule has 1 N–H and O–H groups in total. The number of hydrogen-bond donors (Lipinski definition) is 1. The summed E-state index contributed by atoms with van der Waals surface area (Å²) in [5.74, 6) is 0.349. The zero-order valence-corrected chi connectivity index (χ0v) is 19.9. The maximum atomic E-state index is 12.9. The fourth-order valence-electron chi connectivity index (χ4n) is 3.90. The molecule has 0 saturated carbocycles. The van der Waals surface area contributed by atoms with Gasteiger partial charge in [0.15, 0.2) is 0 Å². The molecule has 0 atom stereocenters. The normalized spacial score (nSPS) is 15.0. The zero-order valence-electron chi connectivity index (χ0n) is 18.3. The number of aromatic amines is 1. The van der Waals surface area contributed by atoms with Crippen LogP contribution in [-0.4, -0.2) is 59.7 Å². The number of hydrogen-bond acceptors (Lipinski definition) is 7. The van der Waals surface area contributed by atoms with Crippen LogP contribution in [0.4, 0.5) is 0 Å². The van der Waals surface area contributed by atoms with Crippen LogP contribution >= 0.6 is 11.3 Å². The number of sulfonamides is 1. The number of nitriles is 1. The van der Waals surface area contributed by atoms with E-state index >= 15 is 0 Å². The first-order valence-corrected chi connectivity index (χ1v) is 12.7. The van der Waals surface area contributed by atoms with Crippen molar-refractivity contribution in [2.24, 2.45) is 0 Å². The number of thiophene rings is 1. The van der Waals surface area contributed by atoms with E-state index in [-0.39, 0.29) is 54.5 Å². The Morgan fingerprint density at radius 1 is 1.21 bits per heavy atom. The van der Waals surface area contributed by atoms with Crippen LogP contribution in [0.2, 0.25) is 0 Å². The number of H-pyrrole nitrogens is 1. The number of piperazine rings is 1. The molecule has 3 heterocycles. The Balaban J connectivity index is 1.39. The standard InChI is InChI=1S/C22H23N5O4S2/c1-14-15(2)32-22-20(14)21(29)24-18(25-22)7-8-19(28)26-9-11-27(12-10-26)33(30,31)17-6-4-3-5-16(17)13-23/h3-6H,7-12H2,1-2H3,(H,24,25,29). The number of amides is 1. The second-order valence-electron chi connectivity index (χ2n) is 7.87. The first kappa shape index (κ1) is 23.1. The van der Waals surface area contributed by atoms with E-state index in [2.05, 4.69) is 9.97 Å².